The Morgan fingerprint density at radius 1 is 1.39 bits per heavy atom. The van der Waals surface area contributed by atoms with Gasteiger partial charge in [-0.05, 0) is 19.1 Å². The van der Waals surface area contributed by atoms with Crippen LogP contribution < -0.4 is 4.74 Å². The van der Waals surface area contributed by atoms with E-state index in [1.165, 1.54) is 4.31 Å². The van der Waals surface area contributed by atoms with Gasteiger partial charge in [0.2, 0.25) is 10.0 Å². The van der Waals surface area contributed by atoms with Gasteiger partial charge in [-0.2, -0.15) is 9.40 Å². The van der Waals surface area contributed by atoms with Crippen LogP contribution in [-0.4, -0.2) is 39.8 Å². The van der Waals surface area contributed by atoms with Gasteiger partial charge < -0.3 is 4.74 Å². The molecule has 0 unspecified atom stereocenters. The average Bonchev–Trinajstić information content (AvgIpc) is 2.89. The molecule has 0 bridgehead atoms. The van der Waals surface area contributed by atoms with Gasteiger partial charge in [0.05, 0.1) is 11.9 Å². The van der Waals surface area contributed by atoms with Gasteiger partial charge in [-0.25, -0.2) is 8.42 Å². The molecule has 1 aliphatic heterocycles. The largest absolute Gasteiger partial charge is 0.486 e. The first kappa shape index (κ1) is 15.9. The Kier molecular flexibility index (Phi) is 4.36. The van der Waals surface area contributed by atoms with E-state index in [1.54, 1.807) is 25.4 Å². The minimum atomic E-state index is -3.19. The standard InChI is InChI=1S/C15H20N4O3S/c1-3-23(20,21)19-8-6-15-13(10-19)14(17-18(15)2)11-22-12-5-4-7-16-9-12/h4-5,7,9H,3,6,8,10-11H2,1-2H3. The van der Waals surface area contributed by atoms with Crippen LogP contribution in [0.25, 0.3) is 0 Å². The summed E-state index contributed by atoms with van der Waals surface area (Å²) < 4.78 is 33.3. The van der Waals surface area contributed by atoms with Gasteiger partial charge in [-0.3, -0.25) is 9.67 Å². The normalized spacial score (nSPS) is 15.4. The highest BCUT2D eigenvalue weighted by Crippen LogP contribution is 2.25. The van der Waals surface area contributed by atoms with Crippen LogP contribution in [0.2, 0.25) is 0 Å². The SMILES string of the molecule is CCS(=O)(=O)N1CCc2c(c(COc3cccnc3)nn2C)C1. The van der Waals surface area contributed by atoms with E-state index in [1.807, 2.05) is 17.8 Å². The minimum absolute atomic E-state index is 0.115. The molecule has 2 aromatic heterocycles. The molecular weight excluding hydrogens is 316 g/mol. The number of sulfonamides is 1. The van der Waals surface area contributed by atoms with Gasteiger partial charge in [-0.15, -0.1) is 0 Å². The maximum absolute atomic E-state index is 12.1. The molecule has 7 nitrogen and oxygen atoms in total. The van der Waals surface area contributed by atoms with Crippen LogP contribution in [0.5, 0.6) is 5.75 Å². The average molecular weight is 336 g/mol. The maximum atomic E-state index is 12.1. The summed E-state index contributed by atoms with van der Waals surface area (Å²) >= 11 is 0. The Bertz CT molecular complexity index is 787. The Morgan fingerprint density at radius 2 is 2.22 bits per heavy atom. The Morgan fingerprint density at radius 3 is 2.91 bits per heavy atom. The van der Waals surface area contributed by atoms with Gasteiger partial charge in [0.1, 0.15) is 18.1 Å². The number of nitrogens with zero attached hydrogens (tertiary/aromatic N) is 4. The van der Waals surface area contributed by atoms with Crippen molar-refractivity contribution in [3.63, 3.8) is 0 Å². The lowest BCUT2D eigenvalue weighted by atomic mass is 10.1. The molecule has 0 radical (unpaired) electrons. The smallest absolute Gasteiger partial charge is 0.214 e. The number of fused-ring (bicyclic) bond motifs is 1. The van der Waals surface area contributed by atoms with Gasteiger partial charge >= 0.3 is 0 Å². The fraction of sp³-hybridized carbons (Fsp3) is 0.467. The molecule has 23 heavy (non-hydrogen) atoms. The number of aromatic nitrogens is 3. The van der Waals surface area contributed by atoms with Crippen molar-refractivity contribution < 1.29 is 13.2 Å². The van der Waals surface area contributed by atoms with Crippen molar-refractivity contribution in [2.75, 3.05) is 12.3 Å². The fourth-order valence-electron chi connectivity index (χ4n) is 2.77. The van der Waals surface area contributed by atoms with E-state index >= 15 is 0 Å². The highest BCUT2D eigenvalue weighted by Gasteiger charge is 2.29. The predicted octanol–water partition coefficient (Wildman–Crippen LogP) is 1.10. The molecule has 1 aliphatic rings. The van der Waals surface area contributed by atoms with Crippen LogP contribution >= 0.6 is 0 Å². The molecule has 0 fully saturated rings. The second-order valence-corrected chi connectivity index (χ2v) is 7.71. The van der Waals surface area contributed by atoms with Crippen LogP contribution in [0, 0.1) is 0 Å². The zero-order valence-corrected chi connectivity index (χ0v) is 14.1. The van der Waals surface area contributed by atoms with E-state index in [-0.39, 0.29) is 5.75 Å². The molecule has 0 spiro atoms. The van der Waals surface area contributed by atoms with Crippen molar-refractivity contribution >= 4 is 10.0 Å². The van der Waals surface area contributed by atoms with Gasteiger partial charge in [0.25, 0.3) is 0 Å². The first-order valence-corrected chi connectivity index (χ1v) is 9.16. The lowest BCUT2D eigenvalue weighted by molar-refractivity contribution is 0.295. The third-order valence-corrected chi connectivity index (χ3v) is 5.89. The van der Waals surface area contributed by atoms with Crippen molar-refractivity contribution in [1.82, 2.24) is 19.1 Å². The molecule has 0 saturated heterocycles. The first-order chi connectivity index (χ1) is 11.0. The van der Waals surface area contributed by atoms with Gasteiger partial charge in [0, 0.05) is 44.0 Å². The summed E-state index contributed by atoms with van der Waals surface area (Å²) in [4.78, 5) is 4.01. The Hall–Kier alpha value is -1.93. The van der Waals surface area contributed by atoms with Crippen molar-refractivity contribution in [2.24, 2.45) is 7.05 Å². The van der Waals surface area contributed by atoms with Crippen LogP contribution in [-0.2, 0) is 36.6 Å². The quantitative estimate of drug-likeness (QED) is 0.817. The highest BCUT2D eigenvalue weighted by molar-refractivity contribution is 7.89. The topological polar surface area (TPSA) is 77.3 Å². The summed E-state index contributed by atoms with van der Waals surface area (Å²) in [5.41, 5.74) is 2.82. The molecule has 124 valence electrons. The van der Waals surface area contributed by atoms with E-state index in [0.717, 1.165) is 17.0 Å². The molecule has 0 amide bonds. The van der Waals surface area contributed by atoms with Crippen molar-refractivity contribution in [3.05, 3.63) is 41.5 Å². The van der Waals surface area contributed by atoms with Crippen LogP contribution in [0.4, 0.5) is 0 Å². The molecule has 0 aromatic carbocycles. The number of hydrogen-bond donors (Lipinski definition) is 0. The van der Waals surface area contributed by atoms with Crippen molar-refractivity contribution in [3.8, 4) is 5.75 Å². The summed E-state index contributed by atoms with van der Waals surface area (Å²) in [6.45, 7) is 2.84. The fourth-order valence-corrected chi connectivity index (χ4v) is 3.83. The lowest BCUT2D eigenvalue weighted by Crippen LogP contribution is -2.37. The summed E-state index contributed by atoms with van der Waals surface area (Å²) in [7, 11) is -1.31. The van der Waals surface area contributed by atoms with Gasteiger partial charge in [-0.1, -0.05) is 0 Å². The molecule has 3 heterocycles. The lowest BCUT2D eigenvalue weighted by Gasteiger charge is -2.26. The molecule has 0 N–H and O–H groups in total. The highest BCUT2D eigenvalue weighted by atomic mass is 32.2. The second kappa shape index (κ2) is 6.29. The monoisotopic (exact) mass is 336 g/mol. The molecule has 0 saturated carbocycles. The predicted molar refractivity (Wildman–Crippen MR) is 85.4 cm³/mol. The van der Waals surface area contributed by atoms with E-state index in [9.17, 15) is 8.42 Å². The molecular formula is C15H20N4O3S. The maximum Gasteiger partial charge on any atom is 0.214 e. The van der Waals surface area contributed by atoms with E-state index in [0.29, 0.717) is 31.9 Å². The number of ether oxygens (including phenoxy) is 1. The van der Waals surface area contributed by atoms with Crippen molar-refractivity contribution in [1.29, 1.82) is 0 Å². The van der Waals surface area contributed by atoms with Crippen molar-refractivity contribution in [2.45, 2.75) is 26.5 Å². The number of aryl methyl sites for hydroxylation is 1. The van der Waals surface area contributed by atoms with Crippen LogP contribution in [0.15, 0.2) is 24.5 Å². The first-order valence-electron chi connectivity index (χ1n) is 7.55. The third-order valence-electron chi connectivity index (χ3n) is 4.06. The number of hydrogen-bond acceptors (Lipinski definition) is 5. The molecule has 0 aliphatic carbocycles. The Labute approximate surface area is 135 Å². The summed E-state index contributed by atoms with van der Waals surface area (Å²) in [6.07, 6.45) is 4.00. The van der Waals surface area contributed by atoms with E-state index in [2.05, 4.69) is 10.1 Å². The molecule has 0 atom stereocenters. The number of pyridine rings is 1. The van der Waals surface area contributed by atoms with Crippen LogP contribution in [0.3, 0.4) is 0 Å². The van der Waals surface area contributed by atoms with Gasteiger partial charge in [0.15, 0.2) is 0 Å². The zero-order chi connectivity index (χ0) is 16.4. The van der Waals surface area contributed by atoms with E-state index in [4.69, 9.17) is 4.74 Å². The van der Waals surface area contributed by atoms with Crippen LogP contribution in [0.1, 0.15) is 23.9 Å². The molecule has 8 heteroatoms. The second-order valence-electron chi connectivity index (χ2n) is 5.46. The zero-order valence-electron chi connectivity index (χ0n) is 13.3. The minimum Gasteiger partial charge on any atom is -0.486 e. The number of rotatable bonds is 5. The van der Waals surface area contributed by atoms with E-state index < -0.39 is 10.0 Å². The molecule has 3 rings (SSSR count). The summed E-state index contributed by atoms with van der Waals surface area (Å²) in [5, 5.41) is 4.50. The Balaban J connectivity index is 1.81. The summed E-state index contributed by atoms with van der Waals surface area (Å²) in [5.74, 6) is 0.783. The third kappa shape index (κ3) is 3.23. The summed E-state index contributed by atoms with van der Waals surface area (Å²) in [6, 6.07) is 3.63. The molecule has 2 aromatic rings.